The van der Waals surface area contributed by atoms with Crippen LogP contribution in [-0.2, 0) is 9.53 Å². The Kier molecular flexibility index (Phi) is 4.12. The van der Waals surface area contributed by atoms with Crippen molar-refractivity contribution in [1.29, 1.82) is 0 Å². The molecular formula is C23H34O5. The van der Waals surface area contributed by atoms with Gasteiger partial charge in [-0.2, -0.15) is 0 Å². The minimum atomic E-state index is -1.15. The summed E-state index contributed by atoms with van der Waals surface area (Å²) in [5, 5.41) is 32.5. The van der Waals surface area contributed by atoms with Crippen molar-refractivity contribution in [1.82, 2.24) is 0 Å². The monoisotopic (exact) mass is 390 g/mol. The van der Waals surface area contributed by atoms with Gasteiger partial charge in [0.05, 0.1) is 11.7 Å². The number of aliphatic hydroxyl groups excluding tert-OH is 2. The van der Waals surface area contributed by atoms with Crippen LogP contribution in [0.2, 0.25) is 0 Å². The average Bonchev–Trinajstić information content (AvgIpc) is 3.11. The summed E-state index contributed by atoms with van der Waals surface area (Å²) >= 11 is 0. The lowest BCUT2D eigenvalue weighted by Gasteiger charge is -2.63. The number of aliphatic hydroxyl groups is 3. The maximum atomic E-state index is 12.1. The number of cyclic esters (lactones) is 1. The third kappa shape index (κ3) is 2.33. The minimum absolute atomic E-state index is 0.00129. The molecule has 4 fully saturated rings. The molecule has 1 unspecified atom stereocenters. The van der Waals surface area contributed by atoms with E-state index in [0.717, 1.165) is 57.8 Å². The molecule has 0 aromatic rings. The first kappa shape index (κ1) is 19.1. The van der Waals surface area contributed by atoms with Crippen LogP contribution >= 0.6 is 0 Å². The standard InChI is InChI=1S/C23H34O5/c1-21-8-5-14(24)11-13(21)3-4-18-17(21)6-9-22(2)16(7-10-23(18,22)27)15-12-19(25)28-20(15)26/h12-14,16-18,20,24,26-27H,3-11H2,1-2H3/t13-,14+,16+,17+,18-,20?,21+,22-,23+/m1/s1. The molecule has 5 heteroatoms. The van der Waals surface area contributed by atoms with E-state index in [1.807, 2.05) is 0 Å². The van der Waals surface area contributed by atoms with Crippen molar-refractivity contribution in [3.05, 3.63) is 11.6 Å². The fraction of sp³-hybridized carbons (Fsp3) is 0.870. The predicted molar refractivity (Wildman–Crippen MR) is 103 cm³/mol. The van der Waals surface area contributed by atoms with Crippen molar-refractivity contribution in [2.24, 2.45) is 34.5 Å². The molecule has 0 bridgehead atoms. The van der Waals surface area contributed by atoms with Crippen molar-refractivity contribution in [2.45, 2.75) is 89.6 Å². The van der Waals surface area contributed by atoms with E-state index in [1.165, 1.54) is 6.08 Å². The van der Waals surface area contributed by atoms with Gasteiger partial charge in [0, 0.05) is 17.1 Å². The Morgan fingerprint density at radius 1 is 1.00 bits per heavy atom. The molecule has 0 amide bonds. The number of carbonyl (C=O) groups is 1. The topological polar surface area (TPSA) is 87.0 Å². The van der Waals surface area contributed by atoms with Gasteiger partial charge in [-0.05, 0) is 86.9 Å². The number of rotatable bonds is 1. The molecule has 3 N–H and O–H groups in total. The predicted octanol–water partition coefficient (Wildman–Crippen LogP) is 2.92. The average molecular weight is 391 g/mol. The Morgan fingerprint density at radius 2 is 1.79 bits per heavy atom. The maximum absolute atomic E-state index is 12.1. The van der Waals surface area contributed by atoms with Crippen molar-refractivity contribution >= 4 is 5.97 Å². The Morgan fingerprint density at radius 3 is 2.50 bits per heavy atom. The summed E-state index contributed by atoms with van der Waals surface area (Å²) in [6.45, 7) is 4.59. The van der Waals surface area contributed by atoms with Gasteiger partial charge in [-0.1, -0.05) is 13.8 Å². The zero-order valence-corrected chi connectivity index (χ0v) is 17.1. The Labute approximate surface area is 167 Å². The zero-order valence-electron chi connectivity index (χ0n) is 17.1. The highest BCUT2D eigenvalue weighted by molar-refractivity contribution is 5.85. The second kappa shape index (κ2) is 6.05. The minimum Gasteiger partial charge on any atom is -0.429 e. The van der Waals surface area contributed by atoms with Crippen molar-refractivity contribution in [3.63, 3.8) is 0 Å². The molecule has 0 spiro atoms. The molecule has 28 heavy (non-hydrogen) atoms. The van der Waals surface area contributed by atoms with E-state index in [1.54, 1.807) is 0 Å². The first-order valence-corrected chi connectivity index (χ1v) is 11.2. The van der Waals surface area contributed by atoms with Gasteiger partial charge < -0.3 is 20.1 Å². The third-order valence-corrected chi connectivity index (χ3v) is 10.0. The van der Waals surface area contributed by atoms with Gasteiger partial charge in [0.15, 0.2) is 0 Å². The van der Waals surface area contributed by atoms with Gasteiger partial charge >= 0.3 is 5.97 Å². The van der Waals surface area contributed by atoms with Crippen LogP contribution in [-0.4, -0.2) is 39.3 Å². The molecule has 0 saturated heterocycles. The van der Waals surface area contributed by atoms with Crippen molar-refractivity contribution in [3.8, 4) is 0 Å². The molecule has 5 rings (SSSR count). The van der Waals surface area contributed by atoms with Crippen molar-refractivity contribution in [2.75, 3.05) is 0 Å². The van der Waals surface area contributed by atoms with Crippen LogP contribution in [0.25, 0.3) is 0 Å². The molecule has 9 atom stereocenters. The van der Waals surface area contributed by atoms with Crippen LogP contribution in [0.1, 0.15) is 71.6 Å². The van der Waals surface area contributed by atoms with Gasteiger partial charge in [0.25, 0.3) is 0 Å². The highest BCUT2D eigenvalue weighted by atomic mass is 16.6. The molecular weight excluding hydrogens is 356 g/mol. The molecule has 4 saturated carbocycles. The molecule has 0 radical (unpaired) electrons. The van der Waals surface area contributed by atoms with E-state index in [0.29, 0.717) is 17.4 Å². The molecule has 5 aliphatic rings. The summed E-state index contributed by atoms with van der Waals surface area (Å²) < 4.78 is 4.97. The third-order valence-electron chi connectivity index (χ3n) is 10.0. The fourth-order valence-corrected chi connectivity index (χ4v) is 8.43. The molecule has 0 aromatic carbocycles. The second-order valence-corrected chi connectivity index (χ2v) is 10.8. The number of fused-ring (bicyclic) bond motifs is 5. The quantitative estimate of drug-likeness (QED) is 0.599. The Hall–Kier alpha value is -0.910. The smallest absolute Gasteiger partial charge is 0.333 e. The van der Waals surface area contributed by atoms with Crippen molar-refractivity contribution < 1.29 is 24.9 Å². The summed E-state index contributed by atoms with van der Waals surface area (Å²) in [6, 6.07) is 0. The lowest BCUT2D eigenvalue weighted by atomic mass is 9.43. The highest BCUT2D eigenvalue weighted by Crippen LogP contribution is 2.70. The first-order chi connectivity index (χ1) is 13.2. The van der Waals surface area contributed by atoms with E-state index in [9.17, 15) is 20.1 Å². The number of ether oxygens (including phenoxy) is 1. The van der Waals surface area contributed by atoms with E-state index in [4.69, 9.17) is 4.74 Å². The number of hydrogen-bond donors (Lipinski definition) is 3. The lowest BCUT2D eigenvalue weighted by Crippen LogP contribution is -2.62. The molecule has 0 aromatic heterocycles. The second-order valence-electron chi connectivity index (χ2n) is 10.8. The Bertz CT molecular complexity index is 718. The zero-order chi connectivity index (χ0) is 19.9. The maximum Gasteiger partial charge on any atom is 0.333 e. The van der Waals surface area contributed by atoms with E-state index in [-0.39, 0.29) is 28.8 Å². The summed E-state index contributed by atoms with van der Waals surface area (Å²) in [7, 11) is 0. The van der Waals surface area contributed by atoms with Gasteiger partial charge in [-0.15, -0.1) is 0 Å². The lowest BCUT2D eigenvalue weighted by molar-refractivity contribution is -0.209. The van der Waals surface area contributed by atoms with Gasteiger partial charge in [0.1, 0.15) is 0 Å². The van der Waals surface area contributed by atoms with Crippen LogP contribution in [0.15, 0.2) is 11.6 Å². The normalized spacial score (nSPS) is 55.8. The number of esters is 1. The largest absolute Gasteiger partial charge is 0.429 e. The van der Waals surface area contributed by atoms with E-state index >= 15 is 0 Å². The van der Waals surface area contributed by atoms with Gasteiger partial charge in [-0.25, -0.2) is 4.79 Å². The molecule has 1 aliphatic heterocycles. The van der Waals surface area contributed by atoms with E-state index in [2.05, 4.69) is 13.8 Å². The van der Waals surface area contributed by atoms with Gasteiger partial charge in [0.2, 0.25) is 6.29 Å². The van der Waals surface area contributed by atoms with Crippen LogP contribution in [0.3, 0.4) is 0 Å². The Balaban J connectivity index is 1.47. The summed E-state index contributed by atoms with van der Waals surface area (Å²) in [5.41, 5.74) is -0.200. The first-order valence-electron chi connectivity index (χ1n) is 11.2. The SMILES string of the molecule is C[C@]12CC[C@H](O)C[C@H]1CC[C@@H]1[C@@H]2CC[C@]2(C)[C@H](C3=CC(=O)OC3O)CC[C@]12O. The molecule has 5 nitrogen and oxygen atoms in total. The van der Waals surface area contributed by atoms with Crippen LogP contribution in [0.4, 0.5) is 0 Å². The number of hydrogen-bond acceptors (Lipinski definition) is 5. The van der Waals surface area contributed by atoms with Crippen LogP contribution < -0.4 is 0 Å². The highest BCUT2D eigenvalue weighted by Gasteiger charge is 2.68. The van der Waals surface area contributed by atoms with Crippen LogP contribution in [0.5, 0.6) is 0 Å². The molecule has 156 valence electrons. The molecule has 4 aliphatic carbocycles. The summed E-state index contributed by atoms with van der Waals surface area (Å²) in [4.78, 5) is 11.7. The van der Waals surface area contributed by atoms with Crippen LogP contribution in [0, 0.1) is 34.5 Å². The fourth-order valence-electron chi connectivity index (χ4n) is 8.43. The van der Waals surface area contributed by atoms with E-state index < -0.39 is 17.9 Å². The summed E-state index contributed by atoms with van der Waals surface area (Å²) in [6.07, 6.45) is 8.65. The number of carbonyl (C=O) groups excluding carboxylic acids is 1. The summed E-state index contributed by atoms with van der Waals surface area (Å²) in [5.74, 6) is 0.857. The molecule has 1 heterocycles. The van der Waals surface area contributed by atoms with Gasteiger partial charge in [-0.3, -0.25) is 0 Å².